The van der Waals surface area contributed by atoms with Crippen molar-refractivity contribution in [2.24, 2.45) is 0 Å². The van der Waals surface area contributed by atoms with Crippen molar-refractivity contribution in [1.82, 2.24) is 20.4 Å². The summed E-state index contributed by atoms with van der Waals surface area (Å²) in [5.74, 6) is -0.613. The fourth-order valence-electron chi connectivity index (χ4n) is 1.75. The van der Waals surface area contributed by atoms with Gasteiger partial charge in [0.1, 0.15) is 0 Å². The molecule has 0 aliphatic carbocycles. The first-order valence-electron chi connectivity index (χ1n) is 5.34. The molecule has 96 valence electrons. The number of rotatable bonds is 3. The molecule has 0 bridgehead atoms. The number of nitrogens with zero attached hydrogens (tertiary/aromatic N) is 3. The van der Waals surface area contributed by atoms with Gasteiger partial charge in [-0.25, -0.2) is 0 Å². The van der Waals surface area contributed by atoms with E-state index < -0.39 is 11.3 Å². The summed E-state index contributed by atoms with van der Waals surface area (Å²) in [6, 6.07) is -0.159. The summed E-state index contributed by atoms with van der Waals surface area (Å²) in [6.07, 6.45) is 0. The predicted molar refractivity (Wildman–Crippen MR) is 56.9 cm³/mol. The Balaban J connectivity index is 2.08. The number of nitrogens with one attached hydrogen (secondary N) is 1. The van der Waals surface area contributed by atoms with Gasteiger partial charge in [-0.15, -0.1) is 0 Å². The number of hydrogen-bond acceptors (Lipinski definition) is 5. The molecule has 1 N–H and O–H groups in total. The number of aromatic nitrogens is 2. The van der Waals surface area contributed by atoms with Crippen LogP contribution in [0.5, 0.6) is 0 Å². The van der Waals surface area contributed by atoms with Gasteiger partial charge in [0.05, 0.1) is 6.04 Å². The summed E-state index contributed by atoms with van der Waals surface area (Å²) in [5.41, 5.74) is 0. The van der Waals surface area contributed by atoms with E-state index >= 15 is 0 Å². The lowest BCUT2D eigenvalue weighted by atomic mass is 10.2. The van der Waals surface area contributed by atoms with Crippen LogP contribution in [0, 0.1) is 0 Å². The minimum absolute atomic E-state index is 0.159. The van der Waals surface area contributed by atoms with E-state index in [1.165, 1.54) is 0 Å². The van der Waals surface area contributed by atoms with Gasteiger partial charge in [0.15, 0.2) is 5.82 Å². The Morgan fingerprint density at radius 2 is 2.12 bits per heavy atom. The first-order chi connectivity index (χ1) is 7.98. The molecule has 0 radical (unpaired) electrons. The Labute approximate surface area is 102 Å². The van der Waals surface area contributed by atoms with Crippen molar-refractivity contribution < 1.29 is 13.3 Å². The van der Waals surface area contributed by atoms with Gasteiger partial charge < -0.3 is 9.84 Å². The second kappa shape index (κ2) is 4.83. The van der Waals surface area contributed by atoms with Gasteiger partial charge in [0.2, 0.25) is 0 Å². The number of alkyl halides is 3. The van der Waals surface area contributed by atoms with Crippen molar-refractivity contribution in [2.75, 3.05) is 26.2 Å². The summed E-state index contributed by atoms with van der Waals surface area (Å²) in [6.45, 7) is 5.22. The lowest BCUT2D eigenvalue weighted by molar-refractivity contribution is 0.0550. The molecular weight excluding hydrogens is 254 g/mol. The van der Waals surface area contributed by atoms with E-state index in [-0.39, 0.29) is 11.9 Å². The maximum absolute atomic E-state index is 12.7. The summed E-state index contributed by atoms with van der Waals surface area (Å²) in [7, 11) is 0. The summed E-state index contributed by atoms with van der Waals surface area (Å²) in [5, 5.41) is 3.15. The quantitative estimate of drug-likeness (QED) is 0.837. The average molecular weight is 267 g/mol. The van der Waals surface area contributed by atoms with E-state index in [1.54, 1.807) is 0 Å². The largest absolute Gasteiger partial charge is 0.400 e. The van der Waals surface area contributed by atoms with Crippen molar-refractivity contribution in [3.63, 3.8) is 0 Å². The molecule has 1 fully saturated rings. The number of piperazine rings is 1. The topological polar surface area (TPSA) is 54.2 Å². The molecule has 5 nitrogen and oxygen atoms in total. The average Bonchev–Trinajstić information content (AvgIpc) is 2.78. The van der Waals surface area contributed by atoms with Crippen molar-refractivity contribution in [1.29, 1.82) is 0 Å². The highest BCUT2D eigenvalue weighted by atomic mass is 35.5. The van der Waals surface area contributed by atoms with Crippen LogP contribution in [0.1, 0.15) is 24.7 Å². The van der Waals surface area contributed by atoms with E-state index in [9.17, 15) is 8.78 Å². The fraction of sp³-hybridized carbons (Fsp3) is 0.778. The van der Waals surface area contributed by atoms with Gasteiger partial charge in [0, 0.05) is 26.2 Å². The molecule has 1 aliphatic rings. The molecule has 1 aliphatic heterocycles. The number of halogens is 3. The minimum Gasteiger partial charge on any atom is -0.331 e. The van der Waals surface area contributed by atoms with E-state index in [2.05, 4.69) is 24.9 Å². The van der Waals surface area contributed by atoms with Gasteiger partial charge in [0.25, 0.3) is 0 Å². The van der Waals surface area contributed by atoms with Crippen LogP contribution in [-0.4, -0.2) is 41.2 Å². The predicted octanol–water partition coefficient (Wildman–Crippen LogP) is 1.32. The van der Waals surface area contributed by atoms with Crippen LogP contribution >= 0.6 is 11.6 Å². The van der Waals surface area contributed by atoms with Crippen molar-refractivity contribution in [3.05, 3.63) is 11.7 Å². The van der Waals surface area contributed by atoms with E-state index in [1.807, 2.05) is 6.92 Å². The van der Waals surface area contributed by atoms with Gasteiger partial charge in [-0.2, -0.15) is 13.8 Å². The van der Waals surface area contributed by atoms with E-state index in [0.717, 1.165) is 26.2 Å². The third-order valence-corrected chi connectivity index (χ3v) is 2.92. The van der Waals surface area contributed by atoms with E-state index in [4.69, 9.17) is 11.6 Å². The van der Waals surface area contributed by atoms with Crippen LogP contribution in [0.4, 0.5) is 8.78 Å². The van der Waals surface area contributed by atoms with Crippen LogP contribution in [0.25, 0.3) is 0 Å². The Morgan fingerprint density at radius 1 is 1.47 bits per heavy atom. The zero-order valence-corrected chi connectivity index (χ0v) is 10.0. The van der Waals surface area contributed by atoms with Crippen molar-refractivity contribution in [3.8, 4) is 0 Å². The molecule has 1 unspecified atom stereocenters. The molecular formula is C9H13ClF2N4O. The van der Waals surface area contributed by atoms with Gasteiger partial charge >= 0.3 is 11.3 Å². The fourth-order valence-corrected chi connectivity index (χ4v) is 1.83. The molecule has 1 atom stereocenters. The molecule has 17 heavy (non-hydrogen) atoms. The molecule has 8 heteroatoms. The normalized spacial score (nSPS) is 20.5. The molecule has 1 aromatic heterocycles. The Bertz CT molecular complexity index is 375. The Kier molecular flexibility index (Phi) is 3.60. The van der Waals surface area contributed by atoms with Gasteiger partial charge in [-0.1, -0.05) is 5.16 Å². The van der Waals surface area contributed by atoms with Crippen LogP contribution in [0.3, 0.4) is 0 Å². The monoisotopic (exact) mass is 266 g/mol. The van der Waals surface area contributed by atoms with E-state index in [0.29, 0.717) is 0 Å². The molecule has 0 saturated carbocycles. The first-order valence-corrected chi connectivity index (χ1v) is 5.72. The zero-order valence-electron chi connectivity index (χ0n) is 9.29. The summed E-state index contributed by atoms with van der Waals surface area (Å²) >= 11 is 4.81. The second-order valence-electron chi connectivity index (χ2n) is 3.92. The van der Waals surface area contributed by atoms with Crippen LogP contribution in [0.15, 0.2) is 4.52 Å². The Morgan fingerprint density at radius 3 is 2.65 bits per heavy atom. The summed E-state index contributed by atoms with van der Waals surface area (Å²) in [4.78, 5) is 5.73. The van der Waals surface area contributed by atoms with Crippen LogP contribution in [-0.2, 0) is 5.38 Å². The molecule has 0 spiro atoms. The molecule has 0 amide bonds. The van der Waals surface area contributed by atoms with Crippen molar-refractivity contribution in [2.45, 2.75) is 18.3 Å². The third-order valence-electron chi connectivity index (χ3n) is 2.76. The second-order valence-corrected chi connectivity index (χ2v) is 4.39. The minimum atomic E-state index is -3.60. The zero-order chi connectivity index (χ0) is 12.5. The smallest absolute Gasteiger partial charge is 0.331 e. The molecule has 1 aromatic rings. The lowest BCUT2D eigenvalue weighted by Gasteiger charge is -2.30. The molecule has 1 saturated heterocycles. The summed E-state index contributed by atoms with van der Waals surface area (Å²) < 4.78 is 29.9. The highest BCUT2D eigenvalue weighted by Crippen LogP contribution is 2.31. The highest BCUT2D eigenvalue weighted by molar-refractivity contribution is 6.21. The molecule has 0 aromatic carbocycles. The Hall–Kier alpha value is -0.790. The van der Waals surface area contributed by atoms with Crippen LogP contribution < -0.4 is 5.32 Å². The lowest BCUT2D eigenvalue weighted by Crippen LogP contribution is -2.44. The van der Waals surface area contributed by atoms with Gasteiger partial charge in [-0.05, 0) is 18.5 Å². The maximum Gasteiger partial charge on any atom is 0.400 e. The van der Waals surface area contributed by atoms with Crippen LogP contribution in [0.2, 0.25) is 0 Å². The molecule has 2 heterocycles. The highest BCUT2D eigenvalue weighted by Gasteiger charge is 2.36. The standard InChI is InChI=1S/C9H13ClF2N4O/c1-6(16-4-2-13-3-5-16)7-14-8(17-15-7)9(10,11)12/h6,13H,2-5H2,1H3. The number of hydrogen-bond donors (Lipinski definition) is 1. The third kappa shape index (κ3) is 2.91. The van der Waals surface area contributed by atoms with Crippen molar-refractivity contribution >= 4 is 11.6 Å². The molecule has 2 rings (SSSR count). The van der Waals surface area contributed by atoms with Gasteiger partial charge in [-0.3, -0.25) is 4.90 Å². The SMILES string of the molecule is CC(c1noc(C(F)(F)Cl)n1)N1CCNCC1. The maximum atomic E-state index is 12.7. The first kappa shape index (κ1) is 12.7.